The van der Waals surface area contributed by atoms with Gasteiger partial charge in [0.2, 0.25) is 0 Å². The molecule has 2 rings (SSSR count). The first-order valence-corrected chi connectivity index (χ1v) is 8.55. The number of rotatable bonds is 6. The second-order valence-electron chi connectivity index (χ2n) is 5.09. The molecular weight excluding hydrogens is 294 g/mol. The fraction of sp³-hybridized carbons (Fsp3) is 0.769. The van der Waals surface area contributed by atoms with Crippen molar-refractivity contribution < 1.29 is 9.53 Å². The van der Waals surface area contributed by atoms with Crippen molar-refractivity contribution in [2.45, 2.75) is 54.7 Å². The van der Waals surface area contributed by atoms with Gasteiger partial charge in [-0.05, 0) is 50.7 Å². The molecule has 1 saturated carbocycles. The number of methoxy groups -OCH3 is 1. The smallest absolute Gasteiger partial charge is 0.326 e. The van der Waals surface area contributed by atoms with Gasteiger partial charge in [0.1, 0.15) is 11.4 Å². The summed E-state index contributed by atoms with van der Waals surface area (Å²) in [5, 5.41) is 3.79. The zero-order valence-corrected chi connectivity index (χ0v) is 13.8. The van der Waals surface area contributed by atoms with Gasteiger partial charge in [-0.25, -0.2) is 4.98 Å². The molecule has 0 bridgehead atoms. The molecule has 1 aliphatic rings. The van der Waals surface area contributed by atoms with Gasteiger partial charge in [-0.3, -0.25) is 4.79 Å². The minimum atomic E-state index is -0.512. The van der Waals surface area contributed by atoms with Gasteiger partial charge < -0.3 is 10.1 Å². The highest BCUT2D eigenvalue weighted by Gasteiger charge is 2.46. The van der Waals surface area contributed by atoms with E-state index in [2.05, 4.69) is 21.6 Å². The van der Waals surface area contributed by atoms with E-state index >= 15 is 0 Å². The molecule has 1 aromatic heterocycles. The van der Waals surface area contributed by atoms with Gasteiger partial charge in [0, 0.05) is 5.25 Å². The molecule has 112 valence electrons. The molecule has 1 N–H and O–H groups in total. The highest BCUT2D eigenvalue weighted by molar-refractivity contribution is 8.01. The summed E-state index contributed by atoms with van der Waals surface area (Å²) in [7, 11) is 1.46. The summed E-state index contributed by atoms with van der Waals surface area (Å²) in [5.74, 6) is 0.682. The average molecular weight is 315 g/mol. The van der Waals surface area contributed by atoms with Gasteiger partial charge in [-0.2, -0.15) is 4.37 Å². The number of ether oxygens (including phenoxy) is 1. The van der Waals surface area contributed by atoms with Gasteiger partial charge in [0.25, 0.3) is 0 Å². The molecule has 0 radical (unpaired) electrons. The first-order chi connectivity index (χ1) is 9.59. The van der Waals surface area contributed by atoms with E-state index in [0.717, 1.165) is 42.4 Å². The average Bonchev–Trinajstić information content (AvgIpc) is 3.04. The summed E-state index contributed by atoms with van der Waals surface area (Å²) in [6, 6.07) is 0. The molecule has 0 spiro atoms. The Morgan fingerprint density at radius 1 is 1.65 bits per heavy atom. The van der Waals surface area contributed by atoms with Crippen molar-refractivity contribution in [1.82, 2.24) is 14.7 Å². The van der Waals surface area contributed by atoms with Crippen molar-refractivity contribution in [1.29, 1.82) is 0 Å². The molecular formula is C13H21N3O2S2. The first-order valence-electron chi connectivity index (χ1n) is 6.90. The van der Waals surface area contributed by atoms with E-state index in [0.29, 0.717) is 5.25 Å². The lowest BCUT2D eigenvalue weighted by Crippen LogP contribution is -2.51. The summed E-state index contributed by atoms with van der Waals surface area (Å²) >= 11 is 3.17. The van der Waals surface area contributed by atoms with Gasteiger partial charge in [0.05, 0.1) is 7.11 Å². The maximum Gasteiger partial charge on any atom is 0.326 e. The number of hydrogen-bond acceptors (Lipinski definition) is 7. The van der Waals surface area contributed by atoms with Crippen LogP contribution >= 0.6 is 23.3 Å². The van der Waals surface area contributed by atoms with E-state index in [4.69, 9.17) is 4.74 Å². The summed E-state index contributed by atoms with van der Waals surface area (Å²) in [6.07, 6.45) is 3.62. The SMILES string of the molecule is CCCNC1(C(=O)OC)CCC(Sc2nc(C)ns2)C1. The van der Waals surface area contributed by atoms with Crippen molar-refractivity contribution in [2.24, 2.45) is 0 Å². The summed E-state index contributed by atoms with van der Waals surface area (Å²) < 4.78 is 10.2. The van der Waals surface area contributed by atoms with Crippen LogP contribution in [-0.4, -0.2) is 39.8 Å². The van der Waals surface area contributed by atoms with Crippen molar-refractivity contribution in [2.75, 3.05) is 13.7 Å². The lowest BCUT2D eigenvalue weighted by atomic mass is 9.97. The Balaban J connectivity index is 2.01. The summed E-state index contributed by atoms with van der Waals surface area (Å²) in [4.78, 5) is 16.5. The van der Waals surface area contributed by atoms with E-state index in [1.807, 2.05) is 6.92 Å². The predicted octanol–water partition coefficient (Wildman–Crippen LogP) is 2.40. The number of nitrogens with zero attached hydrogens (tertiary/aromatic N) is 2. The molecule has 0 aromatic carbocycles. The van der Waals surface area contributed by atoms with Crippen LogP contribution in [-0.2, 0) is 9.53 Å². The molecule has 5 nitrogen and oxygen atoms in total. The molecule has 0 aliphatic heterocycles. The third kappa shape index (κ3) is 3.51. The lowest BCUT2D eigenvalue weighted by molar-refractivity contribution is -0.148. The lowest BCUT2D eigenvalue weighted by Gasteiger charge is -2.27. The van der Waals surface area contributed by atoms with Crippen LogP contribution in [0, 0.1) is 6.92 Å². The van der Waals surface area contributed by atoms with E-state index in [-0.39, 0.29) is 5.97 Å². The molecule has 2 unspecified atom stereocenters. The maximum atomic E-state index is 12.1. The van der Waals surface area contributed by atoms with Gasteiger partial charge in [-0.1, -0.05) is 18.7 Å². The van der Waals surface area contributed by atoms with Crippen LogP contribution in [0.25, 0.3) is 0 Å². The molecule has 0 amide bonds. The van der Waals surface area contributed by atoms with Crippen molar-refractivity contribution in [3.8, 4) is 0 Å². The molecule has 1 heterocycles. The third-order valence-electron chi connectivity index (χ3n) is 3.54. The Morgan fingerprint density at radius 3 is 3.05 bits per heavy atom. The third-order valence-corrected chi connectivity index (χ3v) is 5.68. The Hall–Kier alpha value is -0.660. The highest BCUT2D eigenvalue weighted by atomic mass is 32.2. The molecule has 1 aliphatic carbocycles. The maximum absolute atomic E-state index is 12.1. The van der Waals surface area contributed by atoms with Crippen LogP contribution in [0.2, 0.25) is 0 Å². The van der Waals surface area contributed by atoms with Crippen LogP contribution in [0.3, 0.4) is 0 Å². The molecule has 1 fully saturated rings. The first kappa shape index (κ1) is 15.7. The van der Waals surface area contributed by atoms with Gasteiger partial charge in [-0.15, -0.1) is 0 Å². The second kappa shape index (κ2) is 6.87. The van der Waals surface area contributed by atoms with Crippen LogP contribution < -0.4 is 5.32 Å². The Morgan fingerprint density at radius 2 is 2.45 bits per heavy atom. The van der Waals surface area contributed by atoms with Gasteiger partial charge in [0.15, 0.2) is 4.34 Å². The van der Waals surface area contributed by atoms with E-state index < -0.39 is 5.54 Å². The van der Waals surface area contributed by atoms with Crippen LogP contribution in [0.4, 0.5) is 0 Å². The molecule has 0 saturated heterocycles. The number of thioether (sulfide) groups is 1. The molecule has 1 aromatic rings. The number of carbonyl (C=O) groups excluding carboxylic acids is 1. The van der Waals surface area contributed by atoms with Crippen LogP contribution in [0.15, 0.2) is 4.34 Å². The number of hydrogen-bond donors (Lipinski definition) is 1. The van der Waals surface area contributed by atoms with Crippen molar-refractivity contribution in [3.05, 3.63) is 5.82 Å². The number of esters is 1. The Kier molecular flexibility index (Phi) is 5.40. The summed E-state index contributed by atoms with van der Waals surface area (Å²) in [6.45, 7) is 4.84. The minimum Gasteiger partial charge on any atom is -0.468 e. The van der Waals surface area contributed by atoms with Crippen LogP contribution in [0.5, 0.6) is 0 Å². The number of carbonyl (C=O) groups is 1. The van der Waals surface area contributed by atoms with E-state index in [1.165, 1.54) is 18.6 Å². The number of nitrogens with one attached hydrogen (secondary N) is 1. The standard InChI is InChI=1S/C13H21N3O2S2/c1-4-7-14-13(11(17)18-3)6-5-10(8-13)19-12-15-9(2)16-20-12/h10,14H,4-8H2,1-3H3. The van der Waals surface area contributed by atoms with E-state index in [1.54, 1.807) is 11.8 Å². The second-order valence-corrected chi connectivity index (χ2v) is 7.39. The Labute approximate surface area is 128 Å². The number of aryl methyl sites for hydroxylation is 1. The van der Waals surface area contributed by atoms with Crippen molar-refractivity contribution in [3.63, 3.8) is 0 Å². The quantitative estimate of drug-likeness (QED) is 0.813. The zero-order valence-electron chi connectivity index (χ0n) is 12.1. The largest absolute Gasteiger partial charge is 0.468 e. The monoisotopic (exact) mass is 315 g/mol. The van der Waals surface area contributed by atoms with E-state index in [9.17, 15) is 4.79 Å². The molecule has 20 heavy (non-hydrogen) atoms. The van der Waals surface area contributed by atoms with Crippen molar-refractivity contribution >= 4 is 29.3 Å². The topological polar surface area (TPSA) is 64.1 Å². The molecule has 7 heteroatoms. The normalized spacial score (nSPS) is 25.9. The predicted molar refractivity (Wildman–Crippen MR) is 81.2 cm³/mol. The fourth-order valence-electron chi connectivity index (χ4n) is 2.55. The molecule has 2 atom stereocenters. The zero-order chi connectivity index (χ0) is 14.6. The Bertz CT molecular complexity index is 466. The number of aromatic nitrogens is 2. The highest BCUT2D eigenvalue weighted by Crippen LogP contribution is 2.41. The van der Waals surface area contributed by atoms with Crippen LogP contribution in [0.1, 0.15) is 38.4 Å². The van der Waals surface area contributed by atoms with Gasteiger partial charge >= 0.3 is 5.97 Å². The fourth-order valence-corrected chi connectivity index (χ4v) is 4.74. The summed E-state index contributed by atoms with van der Waals surface area (Å²) in [5.41, 5.74) is -0.512. The minimum absolute atomic E-state index is 0.137.